The van der Waals surface area contributed by atoms with Gasteiger partial charge in [-0.15, -0.1) is 0 Å². The van der Waals surface area contributed by atoms with E-state index in [0.717, 1.165) is 78.8 Å². The monoisotopic (exact) mass is 859 g/mol. The fourth-order valence-electron chi connectivity index (χ4n) is 9.53. The Labute approximate surface area is 391 Å². The van der Waals surface area contributed by atoms with E-state index >= 15 is 0 Å². The average Bonchev–Trinajstić information content (AvgIpc) is 4.00. The minimum absolute atomic E-state index is 0.0158. The lowest BCUT2D eigenvalue weighted by Crippen LogP contribution is -2.23. The zero-order valence-corrected chi connectivity index (χ0v) is 36.7. The highest BCUT2D eigenvalue weighted by Crippen LogP contribution is 2.47. The molecule has 0 fully saturated rings. The normalized spacial score (nSPS) is 13.0. The summed E-state index contributed by atoms with van der Waals surface area (Å²) in [6, 6.07) is 93.0. The van der Waals surface area contributed by atoms with E-state index in [-0.39, 0.29) is 6.17 Å². The molecule has 10 aromatic carbocycles. The summed E-state index contributed by atoms with van der Waals surface area (Å²) in [5.74, 6) is 0.924. The molecule has 0 radical (unpaired) electrons. The van der Waals surface area contributed by atoms with Crippen LogP contribution in [0.15, 0.2) is 261 Å². The Morgan fingerprint density at radius 3 is 1.46 bits per heavy atom. The Balaban J connectivity index is 0.886. The van der Waals surface area contributed by atoms with Gasteiger partial charge in [0.15, 0.2) is 0 Å². The standard InChI is InChI=1S/C62H45N5/c1-4-16-44(17-5-1)45-30-36-52(37-31-45)65(53-38-32-46(33-39-53)50-22-14-24-55(42-50)66-59-28-12-10-26-57(59)63-61(66)48-18-6-2-7-19-48)54-40-34-47(35-41-54)51-23-15-25-56(43-51)67-60-29-13-11-27-58(60)64-62(67)49-20-8-3-9-21-49/h1-43,61,63H. The van der Waals surface area contributed by atoms with Gasteiger partial charge in [-0.2, -0.15) is 0 Å². The molecule has 1 N–H and O–H groups in total. The van der Waals surface area contributed by atoms with E-state index < -0.39 is 0 Å². The average molecular weight is 860 g/mol. The van der Waals surface area contributed by atoms with Crippen molar-refractivity contribution in [2.24, 2.45) is 0 Å². The molecule has 1 aliphatic heterocycles. The number of aromatic nitrogens is 2. The van der Waals surface area contributed by atoms with Crippen LogP contribution >= 0.6 is 0 Å². The van der Waals surface area contributed by atoms with Crippen molar-refractivity contribution < 1.29 is 0 Å². The van der Waals surface area contributed by atoms with Gasteiger partial charge in [0, 0.05) is 34.0 Å². The maximum absolute atomic E-state index is 5.09. The molecule has 0 bridgehead atoms. The molecule has 12 rings (SSSR count). The van der Waals surface area contributed by atoms with Crippen LogP contribution in [0.2, 0.25) is 0 Å². The highest BCUT2D eigenvalue weighted by Gasteiger charge is 2.31. The van der Waals surface area contributed by atoms with E-state index in [4.69, 9.17) is 4.98 Å². The lowest BCUT2D eigenvalue weighted by molar-refractivity contribution is 0.828. The van der Waals surface area contributed by atoms with Gasteiger partial charge in [-0.25, -0.2) is 4.98 Å². The highest BCUT2D eigenvalue weighted by molar-refractivity contribution is 5.87. The van der Waals surface area contributed by atoms with Gasteiger partial charge in [-0.3, -0.25) is 4.57 Å². The number of anilines is 6. The van der Waals surface area contributed by atoms with E-state index in [9.17, 15) is 0 Å². The lowest BCUT2D eigenvalue weighted by atomic mass is 10.0. The molecule has 1 atom stereocenters. The van der Waals surface area contributed by atoms with Gasteiger partial charge in [-0.1, -0.05) is 176 Å². The van der Waals surface area contributed by atoms with Crippen LogP contribution in [0.5, 0.6) is 0 Å². The third-order valence-electron chi connectivity index (χ3n) is 12.8. The van der Waals surface area contributed by atoms with Crippen molar-refractivity contribution in [1.29, 1.82) is 0 Å². The third-order valence-corrected chi connectivity index (χ3v) is 12.8. The molecule has 0 saturated heterocycles. The van der Waals surface area contributed by atoms with E-state index in [1.54, 1.807) is 0 Å². The first-order valence-electron chi connectivity index (χ1n) is 22.8. The molecule has 67 heavy (non-hydrogen) atoms. The number of fused-ring (bicyclic) bond motifs is 2. The van der Waals surface area contributed by atoms with Gasteiger partial charge in [0.25, 0.3) is 0 Å². The summed E-state index contributed by atoms with van der Waals surface area (Å²) in [6.45, 7) is 0. The Hall–Kier alpha value is -8.93. The summed E-state index contributed by atoms with van der Waals surface area (Å²) in [4.78, 5) is 9.84. The molecule has 5 nitrogen and oxygen atoms in total. The van der Waals surface area contributed by atoms with Crippen LogP contribution in [0.3, 0.4) is 0 Å². The molecule has 1 aromatic heterocycles. The van der Waals surface area contributed by atoms with Gasteiger partial charge in [0.1, 0.15) is 12.0 Å². The zero-order valence-electron chi connectivity index (χ0n) is 36.7. The molecule has 2 heterocycles. The van der Waals surface area contributed by atoms with Crippen LogP contribution in [0.25, 0.3) is 61.5 Å². The summed E-state index contributed by atoms with van der Waals surface area (Å²) in [5, 5.41) is 3.77. The zero-order chi connectivity index (χ0) is 44.5. The Morgan fingerprint density at radius 2 is 0.836 bits per heavy atom. The van der Waals surface area contributed by atoms with Crippen molar-refractivity contribution >= 4 is 45.2 Å². The Morgan fingerprint density at radius 1 is 0.373 bits per heavy atom. The van der Waals surface area contributed by atoms with Crippen LogP contribution in [0, 0.1) is 0 Å². The Kier molecular flexibility index (Phi) is 10.2. The van der Waals surface area contributed by atoms with Crippen LogP contribution in [-0.2, 0) is 0 Å². The maximum atomic E-state index is 5.09. The predicted octanol–water partition coefficient (Wildman–Crippen LogP) is 16.4. The smallest absolute Gasteiger partial charge is 0.145 e. The minimum atomic E-state index is -0.0158. The first-order chi connectivity index (χ1) is 33.2. The highest BCUT2D eigenvalue weighted by atomic mass is 15.3. The van der Waals surface area contributed by atoms with Crippen molar-refractivity contribution in [3.8, 4) is 50.5 Å². The van der Waals surface area contributed by atoms with E-state index in [0.29, 0.717) is 0 Å². The first-order valence-corrected chi connectivity index (χ1v) is 22.8. The number of para-hydroxylation sites is 4. The topological polar surface area (TPSA) is 36.3 Å². The number of benzene rings is 10. The molecule has 0 amide bonds. The van der Waals surface area contributed by atoms with Gasteiger partial charge in [-0.05, 0) is 124 Å². The van der Waals surface area contributed by atoms with Crippen LogP contribution < -0.4 is 15.1 Å². The molecule has 318 valence electrons. The van der Waals surface area contributed by atoms with Crippen molar-refractivity contribution in [3.63, 3.8) is 0 Å². The lowest BCUT2D eigenvalue weighted by Gasteiger charge is -2.28. The molecular formula is C62H45N5. The van der Waals surface area contributed by atoms with E-state index in [1.807, 2.05) is 12.1 Å². The summed E-state index contributed by atoms with van der Waals surface area (Å²) in [7, 11) is 0. The van der Waals surface area contributed by atoms with Crippen molar-refractivity contribution in [2.75, 3.05) is 15.1 Å². The molecule has 0 aliphatic carbocycles. The minimum Gasteiger partial charge on any atom is -0.359 e. The number of nitrogens with one attached hydrogen (secondary N) is 1. The number of nitrogens with zero attached hydrogens (tertiary/aromatic N) is 4. The number of hydrogen-bond acceptors (Lipinski definition) is 4. The van der Waals surface area contributed by atoms with Crippen LogP contribution in [-0.4, -0.2) is 9.55 Å². The van der Waals surface area contributed by atoms with E-state index in [1.165, 1.54) is 22.4 Å². The molecule has 0 saturated carbocycles. The van der Waals surface area contributed by atoms with Crippen molar-refractivity contribution in [3.05, 3.63) is 266 Å². The second-order valence-electron chi connectivity index (χ2n) is 16.9. The summed E-state index contributed by atoms with van der Waals surface area (Å²) in [5.41, 5.74) is 19.0. The molecule has 5 heteroatoms. The SMILES string of the molecule is c1ccc(-c2ccc(N(c3ccc(-c4cccc(N5c6ccccc6NC5c5ccccc5)c4)cc3)c3ccc(-c4cccc(-n5c(-c6ccccc6)nc6ccccc65)c4)cc3)cc2)cc1. The Bertz CT molecular complexity index is 3470. The molecule has 11 aromatic rings. The first kappa shape index (κ1) is 39.6. The fraction of sp³-hybridized carbons (Fsp3) is 0.0161. The van der Waals surface area contributed by atoms with Gasteiger partial charge in [0.2, 0.25) is 0 Å². The van der Waals surface area contributed by atoms with Crippen LogP contribution in [0.1, 0.15) is 11.7 Å². The quantitative estimate of drug-likeness (QED) is 0.149. The number of hydrogen-bond donors (Lipinski definition) is 1. The maximum Gasteiger partial charge on any atom is 0.145 e. The predicted molar refractivity (Wildman–Crippen MR) is 279 cm³/mol. The van der Waals surface area contributed by atoms with Gasteiger partial charge >= 0.3 is 0 Å². The fourth-order valence-corrected chi connectivity index (χ4v) is 9.53. The molecule has 1 unspecified atom stereocenters. The number of rotatable bonds is 10. The van der Waals surface area contributed by atoms with Crippen molar-refractivity contribution in [1.82, 2.24) is 9.55 Å². The number of imidazole rings is 1. The summed E-state index contributed by atoms with van der Waals surface area (Å²) >= 11 is 0. The molecule has 0 spiro atoms. The van der Waals surface area contributed by atoms with E-state index in [2.05, 4.69) is 268 Å². The largest absolute Gasteiger partial charge is 0.359 e. The second-order valence-corrected chi connectivity index (χ2v) is 16.9. The second kappa shape index (κ2) is 17.2. The third kappa shape index (κ3) is 7.58. The summed E-state index contributed by atoms with van der Waals surface area (Å²) in [6.07, 6.45) is -0.0158. The summed E-state index contributed by atoms with van der Waals surface area (Å²) < 4.78 is 2.27. The van der Waals surface area contributed by atoms with Crippen molar-refractivity contribution in [2.45, 2.75) is 6.17 Å². The molecule has 1 aliphatic rings. The van der Waals surface area contributed by atoms with Gasteiger partial charge in [0.05, 0.1) is 22.4 Å². The van der Waals surface area contributed by atoms with Gasteiger partial charge < -0.3 is 15.1 Å². The van der Waals surface area contributed by atoms with Crippen LogP contribution in [0.4, 0.5) is 34.1 Å². The molecular weight excluding hydrogens is 815 g/mol.